The van der Waals surface area contributed by atoms with Crippen LogP contribution in [0.2, 0.25) is 0 Å². The molecule has 0 aliphatic heterocycles. The third kappa shape index (κ3) is 6.69. The number of hydrogen-bond acceptors (Lipinski definition) is 4. The van der Waals surface area contributed by atoms with Gasteiger partial charge in [0.25, 0.3) is 0 Å². The lowest BCUT2D eigenvalue weighted by atomic mass is 10.0. The van der Waals surface area contributed by atoms with Gasteiger partial charge in [-0.3, -0.25) is 4.68 Å². The third-order valence-electron chi connectivity index (χ3n) is 3.56. The van der Waals surface area contributed by atoms with Gasteiger partial charge < -0.3 is 20.2 Å². The first-order valence-electron chi connectivity index (χ1n) is 8.21. The fourth-order valence-corrected chi connectivity index (χ4v) is 2.25. The van der Waals surface area contributed by atoms with Crippen molar-refractivity contribution in [2.24, 2.45) is 4.99 Å². The number of hydrogen-bond donors (Lipinski definition) is 3. The van der Waals surface area contributed by atoms with Gasteiger partial charge in [0.15, 0.2) is 5.96 Å². The minimum atomic E-state index is -1.14. The molecule has 2 heterocycles. The summed E-state index contributed by atoms with van der Waals surface area (Å²) in [4.78, 5) is 4.46. The van der Waals surface area contributed by atoms with Crippen LogP contribution in [0.25, 0.3) is 0 Å². The van der Waals surface area contributed by atoms with Gasteiger partial charge in [-0.1, -0.05) is 0 Å². The standard InChI is InChI=1S/C17H27N5O2.HI/c1-5-18-16(19-8-9-22-11-13(2)10-21-22)20-12-17(4,23)15-7-6-14(3)24-15;/h6-7,10-11,23H,5,8-9,12H2,1-4H3,(H2,18,19,20);1H. The molecule has 0 saturated heterocycles. The molecule has 140 valence electrons. The van der Waals surface area contributed by atoms with E-state index in [0.717, 1.165) is 24.4 Å². The fraction of sp³-hybridized carbons (Fsp3) is 0.529. The van der Waals surface area contributed by atoms with Crippen molar-refractivity contribution in [3.63, 3.8) is 0 Å². The van der Waals surface area contributed by atoms with Gasteiger partial charge in [-0.15, -0.1) is 24.0 Å². The molecule has 2 aromatic heterocycles. The second-order valence-electron chi connectivity index (χ2n) is 6.09. The number of nitrogens with one attached hydrogen (secondary N) is 2. The number of halogens is 1. The molecule has 3 N–H and O–H groups in total. The summed E-state index contributed by atoms with van der Waals surface area (Å²) in [6.07, 6.45) is 3.83. The van der Waals surface area contributed by atoms with Crippen LogP contribution in [0.3, 0.4) is 0 Å². The Kier molecular flexibility index (Phi) is 8.43. The molecule has 0 radical (unpaired) electrons. The number of guanidine groups is 1. The fourth-order valence-electron chi connectivity index (χ4n) is 2.25. The van der Waals surface area contributed by atoms with E-state index in [0.29, 0.717) is 18.3 Å². The van der Waals surface area contributed by atoms with Crippen LogP contribution >= 0.6 is 24.0 Å². The van der Waals surface area contributed by atoms with Gasteiger partial charge in [-0.25, -0.2) is 4.99 Å². The summed E-state index contributed by atoms with van der Waals surface area (Å²) in [6.45, 7) is 9.95. The summed E-state index contributed by atoms with van der Waals surface area (Å²) in [6, 6.07) is 3.62. The molecule has 0 amide bonds. The third-order valence-corrected chi connectivity index (χ3v) is 3.56. The topological polar surface area (TPSA) is 87.6 Å². The highest BCUT2D eigenvalue weighted by molar-refractivity contribution is 14.0. The summed E-state index contributed by atoms with van der Waals surface area (Å²) < 4.78 is 7.39. The van der Waals surface area contributed by atoms with Crippen molar-refractivity contribution in [2.75, 3.05) is 19.6 Å². The second kappa shape index (κ2) is 9.81. The van der Waals surface area contributed by atoms with Crippen LogP contribution in [0.4, 0.5) is 0 Å². The molecule has 1 unspecified atom stereocenters. The van der Waals surface area contributed by atoms with Crippen molar-refractivity contribution < 1.29 is 9.52 Å². The van der Waals surface area contributed by atoms with Crippen molar-refractivity contribution in [2.45, 2.75) is 39.8 Å². The largest absolute Gasteiger partial charge is 0.463 e. The van der Waals surface area contributed by atoms with Crippen molar-refractivity contribution in [3.8, 4) is 0 Å². The Morgan fingerprint density at radius 3 is 2.68 bits per heavy atom. The number of rotatable bonds is 7. The first-order valence-corrected chi connectivity index (χ1v) is 8.21. The lowest BCUT2D eigenvalue weighted by molar-refractivity contribution is 0.0428. The summed E-state index contributed by atoms with van der Waals surface area (Å²) in [5.41, 5.74) is -0.00392. The summed E-state index contributed by atoms with van der Waals surface area (Å²) in [5.74, 6) is 1.95. The molecule has 8 heteroatoms. The van der Waals surface area contributed by atoms with Crippen molar-refractivity contribution in [1.29, 1.82) is 0 Å². The zero-order valence-electron chi connectivity index (χ0n) is 15.2. The normalized spacial score (nSPS) is 13.9. The zero-order chi connectivity index (χ0) is 17.6. The van der Waals surface area contributed by atoms with E-state index in [2.05, 4.69) is 20.7 Å². The second-order valence-corrected chi connectivity index (χ2v) is 6.09. The van der Waals surface area contributed by atoms with Crippen molar-refractivity contribution in [1.82, 2.24) is 20.4 Å². The highest BCUT2D eigenvalue weighted by atomic mass is 127. The quantitative estimate of drug-likeness (QED) is 0.334. The summed E-state index contributed by atoms with van der Waals surface area (Å²) >= 11 is 0. The number of furan rings is 1. The Bertz CT molecular complexity index is 678. The summed E-state index contributed by atoms with van der Waals surface area (Å²) in [7, 11) is 0. The van der Waals surface area contributed by atoms with E-state index in [-0.39, 0.29) is 30.5 Å². The monoisotopic (exact) mass is 461 g/mol. The predicted molar refractivity (Wildman–Crippen MR) is 109 cm³/mol. The minimum absolute atomic E-state index is 0. The lowest BCUT2D eigenvalue weighted by Gasteiger charge is -2.19. The van der Waals surface area contributed by atoms with Crippen LogP contribution in [0.1, 0.15) is 30.9 Å². The van der Waals surface area contributed by atoms with Crippen molar-refractivity contribution in [3.05, 3.63) is 41.6 Å². The molecule has 2 aromatic rings. The van der Waals surface area contributed by atoms with E-state index in [1.54, 1.807) is 13.0 Å². The molecule has 0 saturated carbocycles. The Hall–Kier alpha value is -1.55. The van der Waals surface area contributed by atoms with E-state index in [9.17, 15) is 5.11 Å². The van der Waals surface area contributed by atoms with Gasteiger partial charge in [-0.2, -0.15) is 5.10 Å². The Balaban J connectivity index is 0.00000312. The zero-order valence-corrected chi connectivity index (χ0v) is 17.6. The molecular formula is C17H28IN5O2. The van der Waals surface area contributed by atoms with Crippen LogP contribution in [0, 0.1) is 13.8 Å². The van der Waals surface area contributed by atoms with Gasteiger partial charge in [0.1, 0.15) is 17.1 Å². The van der Waals surface area contributed by atoms with Crippen molar-refractivity contribution >= 4 is 29.9 Å². The molecule has 7 nitrogen and oxygen atoms in total. The maximum absolute atomic E-state index is 10.6. The van der Waals surface area contributed by atoms with Crippen LogP contribution < -0.4 is 10.6 Å². The average molecular weight is 461 g/mol. The van der Waals surface area contributed by atoms with Gasteiger partial charge >= 0.3 is 0 Å². The molecule has 1 atom stereocenters. The van der Waals surface area contributed by atoms with Gasteiger partial charge in [0, 0.05) is 19.3 Å². The smallest absolute Gasteiger partial charge is 0.191 e. The first-order chi connectivity index (χ1) is 11.4. The minimum Gasteiger partial charge on any atom is -0.463 e. The number of aliphatic imine (C=N–C) groups is 1. The van der Waals surface area contributed by atoms with Crippen LogP contribution in [0.15, 0.2) is 33.9 Å². The summed E-state index contributed by atoms with van der Waals surface area (Å²) in [5, 5.41) is 21.2. The van der Waals surface area contributed by atoms with E-state index in [1.807, 2.05) is 43.9 Å². The number of nitrogens with zero attached hydrogens (tertiary/aromatic N) is 3. The van der Waals surface area contributed by atoms with Crippen LogP contribution in [-0.4, -0.2) is 40.5 Å². The number of aromatic nitrogens is 2. The molecule has 25 heavy (non-hydrogen) atoms. The Morgan fingerprint density at radius 2 is 2.12 bits per heavy atom. The van der Waals surface area contributed by atoms with Crippen LogP contribution in [-0.2, 0) is 12.1 Å². The maximum atomic E-state index is 10.6. The molecule has 0 aromatic carbocycles. The molecular weight excluding hydrogens is 433 g/mol. The Morgan fingerprint density at radius 1 is 1.36 bits per heavy atom. The average Bonchev–Trinajstić information content (AvgIpc) is 3.14. The van der Waals surface area contributed by atoms with Gasteiger partial charge in [-0.05, 0) is 45.4 Å². The van der Waals surface area contributed by atoms with E-state index in [4.69, 9.17) is 4.42 Å². The molecule has 0 fully saturated rings. The highest BCUT2D eigenvalue weighted by Crippen LogP contribution is 2.22. The lowest BCUT2D eigenvalue weighted by Crippen LogP contribution is -2.40. The number of aryl methyl sites for hydroxylation is 2. The van der Waals surface area contributed by atoms with E-state index >= 15 is 0 Å². The maximum Gasteiger partial charge on any atom is 0.191 e. The Labute approximate surface area is 165 Å². The van der Waals surface area contributed by atoms with E-state index < -0.39 is 5.60 Å². The van der Waals surface area contributed by atoms with Crippen LogP contribution in [0.5, 0.6) is 0 Å². The number of aliphatic hydroxyl groups is 1. The van der Waals surface area contributed by atoms with Gasteiger partial charge in [0.2, 0.25) is 0 Å². The predicted octanol–water partition coefficient (Wildman–Crippen LogP) is 2.17. The molecule has 0 aliphatic rings. The molecule has 0 aliphatic carbocycles. The van der Waals surface area contributed by atoms with Gasteiger partial charge in [0.05, 0.1) is 19.3 Å². The molecule has 0 bridgehead atoms. The highest BCUT2D eigenvalue weighted by Gasteiger charge is 2.26. The molecule has 2 rings (SSSR count). The van der Waals surface area contributed by atoms with E-state index in [1.165, 1.54) is 0 Å². The SMILES string of the molecule is CCNC(=NCC(C)(O)c1ccc(C)o1)NCCn1cc(C)cn1.I. The molecule has 0 spiro atoms. The first kappa shape index (κ1) is 21.5.